The normalized spacial score (nSPS) is 16.1. The molecule has 0 aliphatic heterocycles. The number of aromatic nitrogens is 1. The lowest BCUT2D eigenvalue weighted by Crippen LogP contribution is -2.32. The van der Waals surface area contributed by atoms with Crippen LogP contribution < -0.4 is 10.9 Å². The minimum Gasteiger partial charge on any atom is -0.309 e. The molecule has 1 fully saturated rings. The maximum absolute atomic E-state index is 5.83. The molecule has 1 aromatic rings. The monoisotopic (exact) mass is 163 g/mol. The summed E-state index contributed by atoms with van der Waals surface area (Å²) < 4.78 is 0. The summed E-state index contributed by atoms with van der Waals surface area (Å²) in [6, 6.07) is 3.89. The van der Waals surface area contributed by atoms with Crippen LogP contribution in [0.1, 0.15) is 12.8 Å². The van der Waals surface area contributed by atoms with Crippen molar-refractivity contribution in [3.8, 4) is 0 Å². The molecular formula is C9H13N3. The summed E-state index contributed by atoms with van der Waals surface area (Å²) in [5.74, 6) is 6.64. The van der Waals surface area contributed by atoms with Crippen LogP contribution in [0.25, 0.3) is 0 Å². The summed E-state index contributed by atoms with van der Waals surface area (Å²) in [5, 5.41) is 1.78. The van der Waals surface area contributed by atoms with Crippen molar-refractivity contribution < 1.29 is 0 Å². The standard InChI is InChI=1S/C9H13N3/c10-12(7-8-3-4-8)9-2-1-5-11-6-9/h1-2,5-6,8H,3-4,7,10H2. The van der Waals surface area contributed by atoms with Crippen LogP contribution in [-0.2, 0) is 0 Å². The average molecular weight is 163 g/mol. The fraction of sp³-hybridized carbons (Fsp3) is 0.444. The summed E-state index contributed by atoms with van der Waals surface area (Å²) in [4.78, 5) is 4.01. The lowest BCUT2D eigenvalue weighted by atomic mass is 10.3. The molecule has 0 radical (unpaired) electrons. The van der Waals surface area contributed by atoms with Crippen molar-refractivity contribution in [3.05, 3.63) is 24.5 Å². The molecule has 3 nitrogen and oxygen atoms in total. The SMILES string of the molecule is NN(CC1CC1)c1cccnc1. The van der Waals surface area contributed by atoms with Crippen LogP contribution in [0, 0.1) is 5.92 Å². The molecule has 1 saturated carbocycles. The van der Waals surface area contributed by atoms with Crippen LogP contribution >= 0.6 is 0 Å². The van der Waals surface area contributed by atoms with E-state index in [1.54, 1.807) is 17.4 Å². The van der Waals surface area contributed by atoms with E-state index in [9.17, 15) is 0 Å². The van der Waals surface area contributed by atoms with Gasteiger partial charge in [0.1, 0.15) is 0 Å². The minimum absolute atomic E-state index is 0.815. The first-order valence-electron chi connectivity index (χ1n) is 4.28. The van der Waals surface area contributed by atoms with Gasteiger partial charge in [0.2, 0.25) is 0 Å². The first kappa shape index (κ1) is 7.55. The van der Waals surface area contributed by atoms with Crippen LogP contribution in [0.5, 0.6) is 0 Å². The molecular weight excluding hydrogens is 150 g/mol. The Balaban J connectivity index is 1.98. The molecule has 3 heteroatoms. The van der Waals surface area contributed by atoms with Gasteiger partial charge in [-0.2, -0.15) is 0 Å². The van der Waals surface area contributed by atoms with E-state index in [2.05, 4.69) is 4.98 Å². The fourth-order valence-electron chi connectivity index (χ4n) is 1.21. The van der Waals surface area contributed by atoms with E-state index in [1.165, 1.54) is 12.8 Å². The van der Waals surface area contributed by atoms with Gasteiger partial charge in [-0.1, -0.05) is 0 Å². The Kier molecular flexibility index (Phi) is 1.96. The van der Waals surface area contributed by atoms with Crippen LogP contribution in [0.15, 0.2) is 24.5 Å². The number of anilines is 1. The zero-order valence-corrected chi connectivity index (χ0v) is 6.98. The summed E-state index contributed by atoms with van der Waals surface area (Å²) in [6.07, 6.45) is 6.21. The van der Waals surface area contributed by atoms with Crippen LogP contribution in [0.4, 0.5) is 5.69 Å². The van der Waals surface area contributed by atoms with Gasteiger partial charge >= 0.3 is 0 Å². The van der Waals surface area contributed by atoms with Crippen molar-refractivity contribution in [2.45, 2.75) is 12.8 Å². The zero-order valence-electron chi connectivity index (χ0n) is 6.98. The second-order valence-electron chi connectivity index (χ2n) is 3.31. The number of nitrogens with two attached hydrogens (primary N) is 1. The number of hydrogen-bond acceptors (Lipinski definition) is 3. The number of hydrogen-bond donors (Lipinski definition) is 1. The minimum atomic E-state index is 0.815. The zero-order chi connectivity index (χ0) is 8.39. The molecule has 12 heavy (non-hydrogen) atoms. The van der Waals surface area contributed by atoms with E-state index in [0.29, 0.717) is 0 Å². The smallest absolute Gasteiger partial charge is 0.0700 e. The molecule has 0 unspecified atom stereocenters. The second-order valence-corrected chi connectivity index (χ2v) is 3.31. The molecule has 2 rings (SSSR count). The summed E-state index contributed by atoms with van der Waals surface area (Å²) >= 11 is 0. The summed E-state index contributed by atoms with van der Waals surface area (Å²) in [5.41, 5.74) is 1.00. The lowest BCUT2D eigenvalue weighted by molar-refractivity contribution is 0.749. The third-order valence-electron chi connectivity index (χ3n) is 2.13. The highest BCUT2D eigenvalue weighted by atomic mass is 15.4. The first-order valence-corrected chi connectivity index (χ1v) is 4.28. The van der Waals surface area contributed by atoms with Crippen molar-refractivity contribution in [1.29, 1.82) is 0 Å². The third kappa shape index (κ3) is 1.74. The van der Waals surface area contributed by atoms with E-state index >= 15 is 0 Å². The van der Waals surface area contributed by atoms with E-state index < -0.39 is 0 Å². The van der Waals surface area contributed by atoms with Gasteiger partial charge in [-0.25, -0.2) is 5.84 Å². The quantitative estimate of drug-likeness (QED) is 0.537. The predicted octanol–water partition coefficient (Wildman–Crippen LogP) is 1.17. The van der Waals surface area contributed by atoms with Crippen molar-refractivity contribution in [3.63, 3.8) is 0 Å². The van der Waals surface area contributed by atoms with Crippen molar-refractivity contribution in [1.82, 2.24) is 4.98 Å². The second kappa shape index (κ2) is 3.11. The largest absolute Gasteiger partial charge is 0.309 e. The Morgan fingerprint density at radius 3 is 3.00 bits per heavy atom. The van der Waals surface area contributed by atoms with Crippen LogP contribution in [-0.4, -0.2) is 11.5 Å². The number of rotatable bonds is 3. The van der Waals surface area contributed by atoms with Gasteiger partial charge in [0.15, 0.2) is 0 Å². The van der Waals surface area contributed by atoms with Gasteiger partial charge in [-0.05, 0) is 30.9 Å². The summed E-state index contributed by atoms with van der Waals surface area (Å²) in [7, 11) is 0. The van der Waals surface area contributed by atoms with E-state index in [0.717, 1.165) is 18.2 Å². The maximum Gasteiger partial charge on any atom is 0.0700 e. The highest BCUT2D eigenvalue weighted by molar-refractivity contribution is 5.41. The van der Waals surface area contributed by atoms with E-state index in [4.69, 9.17) is 5.84 Å². The van der Waals surface area contributed by atoms with Gasteiger partial charge in [0, 0.05) is 12.7 Å². The molecule has 0 atom stereocenters. The van der Waals surface area contributed by atoms with Crippen molar-refractivity contribution >= 4 is 5.69 Å². The Hall–Kier alpha value is -1.09. The van der Waals surface area contributed by atoms with Crippen molar-refractivity contribution in [2.75, 3.05) is 11.6 Å². The predicted molar refractivity (Wildman–Crippen MR) is 48.5 cm³/mol. The van der Waals surface area contributed by atoms with Gasteiger partial charge < -0.3 is 5.01 Å². The topological polar surface area (TPSA) is 42.1 Å². The van der Waals surface area contributed by atoms with Gasteiger partial charge in [-0.15, -0.1) is 0 Å². The molecule has 1 heterocycles. The number of hydrazine groups is 1. The van der Waals surface area contributed by atoms with Gasteiger partial charge in [0.25, 0.3) is 0 Å². The number of pyridine rings is 1. The maximum atomic E-state index is 5.83. The third-order valence-corrected chi connectivity index (χ3v) is 2.13. The number of nitrogens with zero attached hydrogens (tertiary/aromatic N) is 2. The Bertz CT molecular complexity index is 243. The molecule has 1 aromatic heterocycles. The van der Waals surface area contributed by atoms with Crippen LogP contribution in [0.2, 0.25) is 0 Å². The molecule has 0 amide bonds. The Morgan fingerprint density at radius 2 is 2.42 bits per heavy atom. The molecule has 1 aliphatic carbocycles. The first-order chi connectivity index (χ1) is 5.86. The Morgan fingerprint density at radius 1 is 1.58 bits per heavy atom. The molecule has 1 aliphatic rings. The summed E-state index contributed by atoms with van der Waals surface area (Å²) in [6.45, 7) is 0.964. The highest BCUT2D eigenvalue weighted by Gasteiger charge is 2.23. The lowest BCUT2D eigenvalue weighted by Gasteiger charge is -2.17. The molecule has 0 bridgehead atoms. The van der Waals surface area contributed by atoms with Crippen LogP contribution in [0.3, 0.4) is 0 Å². The molecule has 2 N–H and O–H groups in total. The Labute approximate surface area is 72.2 Å². The van der Waals surface area contributed by atoms with Gasteiger partial charge in [-0.3, -0.25) is 4.98 Å². The highest BCUT2D eigenvalue weighted by Crippen LogP contribution is 2.29. The fourth-order valence-corrected chi connectivity index (χ4v) is 1.21. The molecule has 64 valence electrons. The van der Waals surface area contributed by atoms with Gasteiger partial charge in [0.05, 0.1) is 11.9 Å². The van der Waals surface area contributed by atoms with E-state index in [-0.39, 0.29) is 0 Å². The van der Waals surface area contributed by atoms with E-state index in [1.807, 2.05) is 12.1 Å². The van der Waals surface area contributed by atoms with Crippen molar-refractivity contribution in [2.24, 2.45) is 11.8 Å². The average Bonchev–Trinajstić information content (AvgIpc) is 2.90. The molecule has 0 aromatic carbocycles. The molecule has 0 spiro atoms. The molecule has 0 saturated heterocycles.